The fourth-order valence-electron chi connectivity index (χ4n) is 2.76. The fraction of sp³-hybridized carbons (Fsp3) is 0.250. The van der Waals surface area contributed by atoms with E-state index in [0.29, 0.717) is 12.3 Å². The summed E-state index contributed by atoms with van der Waals surface area (Å²) in [6.45, 7) is 1.36. The molecule has 0 aliphatic rings. The number of aliphatic hydroxyl groups is 1. The predicted molar refractivity (Wildman–Crippen MR) is 103 cm³/mol. The van der Waals surface area contributed by atoms with Gasteiger partial charge in [-0.05, 0) is 30.8 Å². The molecule has 0 amide bonds. The van der Waals surface area contributed by atoms with Crippen LogP contribution < -0.4 is 0 Å². The number of thioether (sulfide) groups is 1. The summed E-state index contributed by atoms with van der Waals surface area (Å²) in [5.41, 5.74) is 1.94. The van der Waals surface area contributed by atoms with E-state index in [4.69, 9.17) is 0 Å². The molecule has 1 atom stereocenters. The Balaban J connectivity index is 1.54. The monoisotopic (exact) mass is 371 g/mol. The third-order valence-corrected chi connectivity index (χ3v) is 5.03. The van der Waals surface area contributed by atoms with E-state index in [0.717, 1.165) is 17.4 Å². The van der Waals surface area contributed by atoms with E-state index in [1.165, 1.54) is 29.5 Å². The second-order valence-corrected chi connectivity index (χ2v) is 7.19. The van der Waals surface area contributed by atoms with Gasteiger partial charge in [-0.2, -0.15) is 0 Å². The second kappa shape index (κ2) is 8.98. The van der Waals surface area contributed by atoms with Crippen molar-refractivity contribution in [3.8, 4) is 5.69 Å². The Kier molecular flexibility index (Phi) is 6.44. The molecule has 0 radical (unpaired) electrons. The largest absolute Gasteiger partial charge is 0.391 e. The Morgan fingerprint density at radius 1 is 1.19 bits per heavy atom. The smallest absolute Gasteiger partial charge is 0.172 e. The number of halogens is 1. The first kappa shape index (κ1) is 18.6. The molecule has 0 bridgehead atoms. The van der Waals surface area contributed by atoms with Gasteiger partial charge in [-0.25, -0.2) is 9.37 Å². The summed E-state index contributed by atoms with van der Waals surface area (Å²) in [7, 11) is 1.99. The van der Waals surface area contributed by atoms with E-state index < -0.39 is 6.10 Å². The number of imidazole rings is 1. The van der Waals surface area contributed by atoms with Crippen molar-refractivity contribution in [2.24, 2.45) is 0 Å². The molecule has 0 aliphatic heterocycles. The van der Waals surface area contributed by atoms with Crippen LogP contribution >= 0.6 is 11.8 Å². The number of hydrogen-bond donors (Lipinski definition) is 1. The molecule has 0 spiro atoms. The molecule has 2 aromatic carbocycles. The number of aromatic nitrogens is 2. The number of nitrogens with zero attached hydrogens (tertiary/aromatic N) is 3. The molecule has 0 fully saturated rings. The lowest BCUT2D eigenvalue weighted by Crippen LogP contribution is -2.30. The minimum Gasteiger partial charge on any atom is -0.391 e. The molecule has 1 heterocycles. The SMILES string of the molecule is CN(Cc1ccccc1)CC(O)CSc1nccn1-c1cccc(F)c1. The van der Waals surface area contributed by atoms with Gasteiger partial charge >= 0.3 is 0 Å². The summed E-state index contributed by atoms with van der Waals surface area (Å²) >= 11 is 1.46. The van der Waals surface area contributed by atoms with Crippen LogP contribution in [0.15, 0.2) is 72.1 Å². The van der Waals surface area contributed by atoms with E-state index in [9.17, 15) is 9.50 Å². The third-order valence-electron chi connectivity index (χ3n) is 3.92. The molecule has 6 heteroatoms. The highest BCUT2D eigenvalue weighted by molar-refractivity contribution is 7.99. The summed E-state index contributed by atoms with van der Waals surface area (Å²) < 4.78 is 15.3. The third kappa shape index (κ3) is 5.17. The zero-order valence-electron chi connectivity index (χ0n) is 14.6. The summed E-state index contributed by atoms with van der Waals surface area (Å²) in [5.74, 6) is 0.237. The van der Waals surface area contributed by atoms with Crippen molar-refractivity contribution in [1.82, 2.24) is 14.5 Å². The average molecular weight is 371 g/mol. The number of benzene rings is 2. The Labute approximate surface area is 157 Å². The minimum atomic E-state index is -0.480. The number of likely N-dealkylation sites (N-methyl/N-ethyl adjacent to an activating group) is 1. The van der Waals surface area contributed by atoms with Gasteiger partial charge in [0, 0.05) is 31.2 Å². The normalized spacial score (nSPS) is 12.5. The maximum Gasteiger partial charge on any atom is 0.172 e. The molecule has 0 saturated carbocycles. The first-order chi connectivity index (χ1) is 12.6. The Hall–Kier alpha value is -2.15. The highest BCUT2D eigenvalue weighted by Crippen LogP contribution is 2.21. The van der Waals surface area contributed by atoms with Crippen LogP contribution in [-0.4, -0.2) is 45.0 Å². The molecular formula is C20H22FN3OS. The molecule has 1 aromatic heterocycles. The quantitative estimate of drug-likeness (QED) is 0.615. The molecule has 0 aliphatic carbocycles. The molecular weight excluding hydrogens is 349 g/mol. The van der Waals surface area contributed by atoms with Crippen molar-refractivity contribution in [3.63, 3.8) is 0 Å². The van der Waals surface area contributed by atoms with Crippen LogP contribution in [0.5, 0.6) is 0 Å². The highest BCUT2D eigenvalue weighted by atomic mass is 32.2. The van der Waals surface area contributed by atoms with E-state index in [-0.39, 0.29) is 5.82 Å². The van der Waals surface area contributed by atoms with Gasteiger partial charge in [0.1, 0.15) is 5.82 Å². The summed E-state index contributed by atoms with van der Waals surface area (Å²) in [4.78, 5) is 6.42. The molecule has 26 heavy (non-hydrogen) atoms. The Morgan fingerprint density at radius 3 is 2.77 bits per heavy atom. The van der Waals surface area contributed by atoms with E-state index in [1.54, 1.807) is 18.5 Å². The Morgan fingerprint density at radius 2 is 2.00 bits per heavy atom. The first-order valence-electron chi connectivity index (χ1n) is 8.44. The lowest BCUT2D eigenvalue weighted by molar-refractivity contribution is 0.142. The average Bonchev–Trinajstić information content (AvgIpc) is 3.09. The molecule has 3 rings (SSSR count). The van der Waals surface area contributed by atoms with Crippen molar-refractivity contribution in [1.29, 1.82) is 0 Å². The van der Waals surface area contributed by atoms with Crippen LogP contribution in [0.2, 0.25) is 0 Å². The van der Waals surface area contributed by atoms with Crippen molar-refractivity contribution in [3.05, 3.63) is 78.4 Å². The van der Waals surface area contributed by atoms with Crippen molar-refractivity contribution in [2.75, 3.05) is 19.3 Å². The lowest BCUT2D eigenvalue weighted by atomic mass is 10.2. The van der Waals surface area contributed by atoms with E-state index in [1.807, 2.05) is 35.9 Å². The van der Waals surface area contributed by atoms with Gasteiger partial charge in [0.15, 0.2) is 5.16 Å². The highest BCUT2D eigenvalue weighted by Gasteiger charge is 2.12. The van der Waals surface area contributed by atoms with E-state index in [2.05, 4.69) is 22.0 Å². The Bertz CT molecular complexity index is 825. The topological polar surface area (TPSA) is 41.3 Å². The van der Waals surface area contributed by atoms with Gasteiger partial charge in [-0.15, -0.1) is 0 Å². The van der Waals surface area contributed by atoms with Gasteiger partial charge in [0.2, 0.25) is 0 Å². The van der Waals surface area contributed by atoms with Gasteiger partial charge < -0.3 is 5.11 Å². The zero-order valence-corrected chi connectivity index (χ0v) is 15.4. The van der Waals surface area contributed by atoms with Crippen LogP contribution in [0, 0.1) is 5.82 Å². The maximum atomic E-state index is 13.4. The summed E-state index contributed by atoms with van der Waals surface area (Å²) in [6, 6.07) is 16.6. The van der Waals surface area contributed by atoms with Crippen molar-refractivity contribution in [2.45, 2.75) is 17.8 Å². The number of rotatable bonds is 8. The summed E-state index contributed by atoms with van der Waals surface area (Å²) in [5, 5.41) is 11.1. The molecule has 1 N–H and O–H groups in total. The van der Waals surface area contributed by atoms with Crippen LogP contribution in [0.25, 0.3) is 5.69 Å². The van der Waals surface area contributed by atoms with Crippen LogP contribution in [0.3, 0.4) is 0 Å². The van der Waals surface area contributed by atoms with Crippen LogP contribution in [0.4, 0.5) is 4.39 Å². The molecule has 3 aromatic rings. The summed E-state index contributed by atoms with van der Waals surface area (Å²) in [6.07, 6.45) is 3.00. The predicted octanol–water partition coefficient (Wildman–Crippen LogP) is 3.60. The standard InChI is InChI=1S/C20H22FN3OS/c1-23(13-16-6-3-2-4-7-16)14-19(25)15-26-20-22-10-11-24(20)18-9-5-8-17(21)12-18/h2-12,19,25H,13-15H2,1H3. The van der Waals surface area contributed by atoms with Gasteiger partial charge in [-0.3, -0.25) is 9.47 Å². The molecule has 4 nitrogen and oxygen atoms in total. The first-order valence-corrected chi connectivity index (χ1v) is 9.43. The maximum absolute atomic E-state index is 13.4. The van der Waals surface area contributed by atoms with E-state index >= 15 is 0 Å². The number of hydrogen-bond acceptors (Lipinski definition) is 4. The zero-order chi connectivity index (χ0) is 18.4. The van der Waals surface area contributed by atoms with Crippen molar-refractivity contribution < 1.29 is 9.50 Å². The molecule has 0 saturated heterocycles. The lowest BCUT2D eigenvalue weighted by Gasteiger charge is -2.20. The van der Waals surface area contributed by atoms with Gasteiger partial charge in [0.05, 0.1) is 11.8 Å². The van der Waals surface area contributed by atoms with Gasteiger partial charge in [-0.1, -0.05) is 48.2 Å². The number of aliphatic hydroxyl groups excluding tert-OH is 1. The fourth-order valence-corrected chi connectivity index (χ4v) is 3.65. The molecule has 1 unspecified atom stereocenters. The second-order valence-electron chi connectivity index (χ2n) is 6.21. The minimum absolute atomic E-state index is 0.283. The van der Waals surface area contributed by atoms with Crippen LogP contribution in [-0.2, 0) is 6.54 Å². The van der Waals surface area contributed by atoms with Crippen molar-refractivity contribution >= 4 is 11.8 Å². The van der Waals surface area contributed by atoms with Crippen LogP contribution in [0.1, 0.15) is 5.56 Å². The van der Waals surface area contributed by atoms with Gasteiger partial charge in [0.25, 0.3) is 0 Å². The molecule has 136 valence electrons.